The molecule has 17 heavy (non-hydrogen) atoms. The average Bonchev–Trinajstić information content (AvgIpc) is 2.71. The number of anilines is 1. The van der Waals surface area contributed by atoms with Crippen LogP contribution in [0.5, 0.6) is 0 Å². The summed E-state index contributed by atoms with van der Waals surface area (Å²) in [6.07, 6.45) is 0. The lowest BCUT2D eigenvalue weighted by atomic mass is 9.92. The molecule has 92 valence electrons. The highest BCUT2D eigenvalue weighted by Gasteiger charge is 2.20. The molecule has 2 rings (SSSR count). The van der Waals surface area contributed by atoms with Crippen molar-refractivity contribution in [3.8, 4) is 11.4 Å². The van der Waals surface area contributed by atoms with Crippen LogP contribution in [0.25, 0.3) is 11.4 Å². The van der Waals surface area contributed by atoms with Crippen LogP contribution in [0.2, 0.25) is 0 Å². The van der Waals surface area contributed by atoms with E-state index in [-0.39, 0.29) is 5.41 Å². The van der Waals surface area contributed by atoms with E-state index in [1.54, 1.807) is 4.68 Å². The maximum Gasteiger partial charge on any atom is 0.122 e. The van der Waals surface area contributed by atoms with E-state index in [0.29, 0.717) is 5.82 Å². The van der Waals surface area contributed by atoms with Gasteiger partial charge in [-0.1, -0.05) is 20.8 Å². The number of aromatic nitrogens is 4. The SMILES string of the molecule is Cn1nc(-c2cc(C(C)(C)C)nn2C)cc1N. The van der Waals surface area contributed by atoms with Crippen LogP contribution in [0, 0.1) is 0 Å². The first-order valence-corrected chi connectivity index (χ1v) is 5.63. The van der Waals surface area contributed by atoms with Gasteiger partial charge < -0.3 is 5.73 Å². The van der Waals surface area contributed by atoms with Crippen molar-refractivity contribution in [2.45, 2.75) is 26.2 Å². The lowest BCUT2D eigenvalue weighted by Gasteiger charge is -2.13. The van der Waals surface area contributed by atoms with Crippen LogP contribution in [0.3, 0.4) is 0 Å². The predicted molar refractivity (Wildman–Crippen MR) is 68.5 cm³/mol. The van der Waals surface area contributed by atoms with Gasteiger partial charge in [-0.05, 0) is 6.07 Å². The molecule has 0 aliphatic carbocycles. The number of nitrogens with zero attached hydrogens (tertiary/aromatic N) is 4. The highest BCUT2D eigenvalue weighted by atomic mass is 15.3. The predicted octanol–water partition coefficient (Wildman–Crippen LogP) is 1.70. The fraction of sp³-hybridized carbons (Fsp3) is 0.500. The summed E-state index contributed by atoms with van der Waals surface area (Å²) in [5.74, 6) is 0.651. The monoisotopic (exact) mass is 233 g/mol. The fourth-order valence-corrected chi connectivity index (χ4v) is 1.68. The first-order chi connectivity index (χ1) is 7.79. The molecule has 2 aromatic heterocycles. The van der Waals surface area contributed by atoms with Crippen LogP contribution in [0.1, 0.15) is 26.5 Å². The van der Waals surface area contributed by atoms with E-state index >= 15 is 0 Å². The second kappa shape index (κ2) is 3.61. The molecule has 5 nitrogen and oxygen atoms in total. The molecule has 0 unspecified atom stereocenters. The lowest BCUT2D eigenvalue weighted by Crippen LogP contribution is -2.12. The second-order valence-corrected chi connectivity index (χ2v) is 5.37. The van der Waals surface area contributed by atoms with Gasteiger partial charge in [0.25, 0.3) is 0 Å². The summed E-state index contributed by atoms with van der Waals surface area (Å²) in [7, 11) is 3.76. The minimum absolute atomic E-state index is 0.0380. The molecule has 0 bridgehead atoms. The molecule has 0 aliphatic heterocycles. The van der Waals surface area contributed by atoms with Crippen molar-refractivity contribution in [1.29, 1.82) is 0 Å². The second-order valence-electron chi connectivity index (χ2n) is 5.37. The fourth-order valence-electron chi connectivity index (χ4n) is 1.68. The first kappa shape index (κ1) is 11.7. The third kappa shape index (κ3) is 2.05. The normalized spacial score (nSPS) is 12.1. The van der Waals surface area contributed by atoms with Gasteiger partial charge in [-0.2, -0.15) is 10.2 Å². The summed E-state index contributed by atoms with van der Waals surface area (Å²) in [6, 6.07) is 3.94. The van der Waals surface area contributed by atoms with Gasteiger partial charge in [0.1, 0.15) is 11.5 Å². The van der Waals surface area contributed by atoms with E-state index in [2.05, 4.69) is 37.0 Å². The molecular formula is C12H19N5. The van der Waals surface area contributed by atoms with E-state index in [9.17, 15) is 0 Å². The van der Waals surface area contributed by atoms with Gasteiger partial charge in [0.05, 0.1) is 11.4 Å². The molecule has 5 heteroatoms. The lowest BCUT2D eigenvalue weighted by molar-refractivity contribution is 0.553. The number of nitrogen functional groups attached to an aromatic ring is 1. The molecule has 2 heterocycles. The smallest absolute Gasteiger partial charge is 0.122 e. The molecule has 0 spiro atoms. The van der Waals surface area contributed by atoms with Gasteiger partial charge >= 0.3 is 0 Å². The van der Waals surface area contributed by atoms with Crippen LogP contribution >= 0.6 is 0 Å². The van der Waals surface area contributed by atoms with Gasteiger partial charge in [0.15, 0.2) is 0 Å². The highest BCUT2D eigenvalue weighted by molar-refractivity contribution is 5.59. The maximum absolute atomic E-state index is 5.79. The van der Waals surface area contributed by atoms with Gasteiger partial charge in [0.2, 0.25) is 0 Å². The van der Waals surface area contributed by atoms with Crippen LogP contribution in [-0.2, 0) is 19.5 Å². The Morgan fingerprint density at radius 3 is 2.12 bits per heavy atom. The molecule has 0 aliphatic rings. The zero-order chi connectivity index (χ0) is 12.8. The Labute approximate surface area is 101 Å². The molecule has 0 saturated carbocycles. The highest BCUT2D eigenvalue weighted by Crippen LogP contribution is 2.26. The topological polar surface area (TPSA) is 61.7 Å². The summed E-state index contributed by atoms with van der Waals surface area (Å²) in [5, 5.41) is 8.89. The molecule has 0 atom stereocenters. The van der Waals surface area contributed by atoms with Crippen molar-refractivity contribution >= 4 is 5.82 Å². The van der Waals surface area contributed by atoms with Crippen molar-refractivity contribution in [2.24, 2.45) is 14.1 Å². The molecule has 0 fully saturated rings. The van der Waals surface area contributed by atoms with E-state index in [1.165, 1.54) is 0 Å². The minimum Gasteiger partial charge on any atom is -0.384 e. The van der Waals surface area contributed by atoms with Crippen LogP contribution in [-0.4, -0.2) is 19.6 Å². The zero-order valence-electron chi connectivity index (χ0n) is 11.0. The van der Waals surface area contributed by atoms with E-state index < -0.39 is 0 Å². The van der Waals surface area contributed by atoms with E-state index in [1.807, 2.05) is 24.8 Å². The van der Waals surface area contributed by atoms with Crippen molar-refractivity contribution in [2.75, 3.05) is 5.73 Å². The molecular weight excluding hydrogens is 214 g/mol. The van der Waals surface area contributed by atoms with Gasteiger partial charge in [-0.25, -0.2) is 0 Å². The largest absolute Gasteiger partial charge is 0.384 e. The maximum atomic E-state index is 5.79. The Kier molecular flexibility index (Phi) is 2.49. The third-order valence-corrected chi connectivity index (χ3v) is 2.83. The van der Waals surface area contributed by atoms with E-state index in [4.69, 9.17) is 5.73 Å². The Morgan fingerprint density at radius 2 is 1.71 bits per heavy atom. The quantitative estimate of drug-likeness (QED) is 0.815. The van der Waals surface area contributed by atoms with Crippen molar-refractivity contribution in [3.05, 3.63) is 17.8 Å². The minimum atomic E-state index is 0.0380. The number of nitrogens with two attached hydrogens (primary N) is 1. The van der Waals surface area contributed by atoms with Crippen molar-refractivity contribution < 1.29 is 0 Å². The summed E-state index contributed by atoms with van der Waals surface area (Å²) < 4.78 is 3.52. The molecule has 0 amide bonds. The summed E-state index contributed by atoms with van der Waals surface area (Å²) in [5.41, 5.74) is 8.73. The van der Waals surface area contributed by atoms with Crippen LogP contribution < -0.4 is 5.73 Å². The number of hydrogen-bond acceptors (Lipinski definition) is 3. The van der Waals surface area contributed by atoms with E-state index in [0.717, 1.165) is 17.1 Å². The Bertz CT molecular complexity index is 522. The summed E-state index contributed by atoms with van der Waals surface area (Å²) in [6.45, 7) is 6.43. The molecule has 2 aromatic rings. The van der Waals surface area contributed by atoms with Gasteiger partial charge in [-0.3, -0.25) is 9.36 Å². The molecule has 2 N–H and O–H groups in total. The third-order valence-electron chi connectivity index (χ3n) is 2.83. The first-order valence-electron chi connectivity index (χ1n) is 5.63. The molecule has 0 saturated heterocycles. The van der Waals surface area contributed by atoms with Crippen molar-refractivity contribution in [3.63, 3.8) is 0 Å². The molecule has 0 aromatic carbocycles. The summed E-state index contributed by atoms with van der Waals surface area (Å²) in [4.78, 5) is 0. The Hall–Kier alpha value is -1.78. The number of aryl methyl sites for hydroxylation is 2. The van der Waals surface area contributed by atoms with Crippen LogP contribution in [0.15, 0.2) is 12.1 Å². The zero-order valence-corrected chi connectivity index (χ0v) is 11.0. The number of rotatable bonds is 1. The standard InChI is InChI=1S/C12H19N5/c1-12(2,3)10-7-9(16(4)15-10)8-6-11(13)17(5)14-8/h6-7H,13H2,1-5H3. The summed E-state index contributed by atoms with van der Waals surface area (Å²) >= 11 is 0. The Morgan fingerprint density at radius 1 is 1.06 bits per heavy atom. The molecule has 0 radical (unpaired) electrons. The van der Waals surface area contributed by atoms with Gasteiger partial charge in [-0.15, -0.1) is 0 Å². The van der Waals surface area contributed by atoms with Crippen molar-refractivity contribution in [1.82, 2.24) is 19.6 Å². The average molecular weight is 233 g/mol. The number of hydrogen-bond donors (Lipinski definition) is 1. The Balaban J connectivity index is 2.50. The van der Waals surface area contributed by atoms with Gasteiger partial charge in [0, 0.05) is 25.6 Å². The van der Waals surface area contributed by atoms with Crippen LogP contribution in [0.4, 0.5) is 5.82 Å².